The summed E-state index contributed by atoms with van der Waals surface area (Å²) in [7, 11) is 2.12. The third-order valence-electron chi connectivity index (χ3n) is 3.98. The lowest BCUT2D eigenvalue weighted by Gasteiger charge is -2.22. The summed E-state index contributed by atoms with van der Waals surface area (Å²) < 4.78 is 0. The number of hydrogen-bond acceptors (Lipinski definition) is 3. The molecule has 4 nitrogen and oxygen atoms in total. The summed E-state index contributed by atoms with van der Waals surface area (Å²) in [5.74, 6) is 0.383. The standard InChI is InChI=1S/C17H27N3O.2ClH/c1-20(14-15-7-3-2-4-8-15)12-6-11-19-17(21)16-9-5-10-18-13-16;;/h2-4,7-8,16,18H,5-6,9-14H2,1H3,(H,19,21);2*1H. The Bertz CT molecular complexity index is 425. The third kappa shape index (κ3) is 8.56. The van der Waals surface area contributed by atoms with E-state index >= 15 is 0 Å². The number of benzene rings is 1. The Balaban J connectivity index is 0.00000242. The Morgan fingerprint density at radius 3 is 2.70 bits per heavy atom. The first-order valence-electron chi connectivity index (χ1n) is 7.96. The van der Waals surface area contributed by atoms with Crippen LogP contribution >= 0.6 is 24.8 Å². The molecule has 1 unspecified atom stereocenters. The Morgan fingerprint density at radius 1 is 1.30 bits per heavy atom. The smallest absolute Gasteiger partial charge is 0.224 e. The van der Waals surface area contributed by atoms with Crippen LogP contribution < -0.4 is 10.6 Å². The minimum atomic E-state index is 0. The lowest BCUT2D eigenvalue weighted by molar-refractivity contribution is -0.125. The van der Waals surface area contributed by atoms with Crippen LogP contribution in [0.4, 0.5) is 0 Å². The number of carbonyl (C=O) groups excluding carboxylic acids is 1. The fourth-order valence-corrected chi connectivity index (χ4v) is 2.75. The third-order valence-corrected chi connectivity index (χ3v) is 3.98. The van der Waals surface area contributed by atoms with Crippen LogP contribution in [-0.2, 0) is 11.3 Å². The molecule has 1 amide bonds. The zero-order valence-corrected chi connectivity index (χ0v) is 15.4. The molecule has 1 saturated heterocycles. The molecule has 0 aromatic heterocycles. The summed E-state index contributed by atoms with van der Waals surface area (Å²) in [5, 5.41) is 6.35. The monoisotopic (exact) mass is 361 g/mol. The van der Waals surface area contributed by atoms with E-state index in [0.717, 1.165) is 52.0 Å². The predicted octanol–water partition coefficient (Wildman–Crippen LogP) is 2.47. The van der Waals surface area contributed by atoms with Gasteiger partial charge in [-0.15, -0.1) is 24.8 Å². The van der Waals surface area contributed by atoms with Gasteiger partial charge in [0.1, 0.15) is 0 Å². The van der Waals surface area contributed by atoms with Crippen molar-refractivity contribution in [3.8, 4) is 0 Å². The molecule has 0 radical (unpaired) electrons. The van der Waals surface area contributed by atoms with Crippen molar-refractivity contribution in [3.05, 3.63) is 35.9 Å². The van der Waals surface area contributed by atoms with E-state index < -0.39 is 0 Å². The molecule has 1 fully saturated rings. The highest BCUT2D eigenvalue weighted by Gasteiger charge is 2.19. The summed E-state index contributed by atoms with van der Waals surface area (Å²) in [5.41, 5.74) is 1.33. The minimum absolute atomic E-state index is 0. The molecule has 1 aliphatic rings. The van der Waals surface area contributed by atoms with Crippen molar-refractivity contribution < 1.29 is 4.79 Å². The summed E-state index contributed by atoms with van der Waals surface area (Å²) in [4.78, 5) is 14.3. The van der Waals surface area contributed by atoms with E-state index in [0.29, 0.717) is 0 Å². The van der Waals surface area contributed by atoms with Crippen LogP contribution in [0.1, 0.15) is 24.8 Å². The highest BCUT2D eigenvalue weighted by Crippen LogP contribution is 2.09. The first kappa shape index (κ1) is 22.2. The average molecular weight is 362 g/mol. The van der Waals surface area contributed by atoms with Gasteiger partial charge in [-0.1, -0.05) is 30.3 Å². The van der Waals surface area contributed by atoms with Crippen LogP contribution in [0.5, 0.6) is 0 Å². The van der Waals surface area contributed by atoms with Crippen molar-refractivity contribution >= 4 is 30.7 Å². The van der Waals surface area contributed by atoms with Gasteiger partial charge in [-0.05, 0) is 45.0 Å². The van der Waals surface area contributed by atoms with Crippen LogP contribution in [0, 0.1) is 5.92 Å². The van der Waals surface area contributed by atoms with Crippen molar-refractivity contribution in [1.82, 2.24) is 15.5 Å². The number of carbonyl (C=O) groups is 1. The van der Waals surface area contributed by atoms with E-state index in [1.807, 2.05) is 6.07 Å². The molecule has 1 aliphatic heterocycles. The van der Waals surface area contributed by atoms with Gasteiger partial charge < -0.3 is 15.5 Å². The van der Waals surface area contributed by atoms with Crippen LogP contribution in [0.15, 0.2) is 30.3 Å². The van der Waals surface area contributed by atoms with E-state index in [1.54, 1.807) is 0 Å². The maximum absolute atomic E-state index is 12.0. The second kappa shape index (κ2) is 12.6. The van der Waals surface area contributed by atoms with Gasteiger partial charge in [0, 0.05) is 19.6 Å². The summed E-state index contributed by atoms with van der Waals surface area (Å²) >= 11 is 0. The molecule has 1 heterocycles. The van der Waals surface area contributed by atoms with Gasteiger partial charge in [0.25, 0.3) is 0 Å². The molecule has 2 N–H and O–H groups in total. The van der Waals surface area contributed by atoms with E-state index in [-0.39, 0.29) is 36.6 Å². The number of halogens is 2. The van der Waals surface area contributed by atoms with Crippen molar-refractivity contribution in [2.24, 2.45) is 5.92 Å². The molecule has 132 valence electrons. The van der Waals surface area contributed by atoms with Gasteiger partial charge in [0.2, 0.25) is 5.91 Å². The largest absolute Gasteiger partial charge is 0.356 e. The van der Waals surface area contributed by atoms with Crippen LogP contribution in [0.25, 0.3) is 0 Å². The summed E-state index contributed by atoms with van der Waals surface area (Å²) in [6.45, 7) is 4.61. The quantitative estimate of drug-likeness (QED) is 0.733. The number of amides is 1. The maximum atomic E-state index is 12.0. The second-order valence-electron chi connectivity index (χ2n) is 5.91. The number of nitrogens with zero attached hydrogens (tertiary/aromatic N) is 1. The molecule has 6 heteroatoms. The zero-order valence-electron chi connectivity index (χ0n) is 13.8. The molecule has 1 aromatic rings. The molecule has 1 aromatic carbocycles. The van der Waals surface area contributed by atoms with Crippen molar-refractivity contribution in [1.29, 1.82) is 0 Å². The van der Waals surface area contributed by atoms with E-state index in [9.17, 15) is 4.79 Å². The minimum Gasteiger partial charge on any atom is -0.356 e. The van der Waals surface area contributed by atoms with E-state index in [1.165, 1.54) is 5.56 Å². The van der Waals surface area contributed by atoms with Crippen molar-refractivity contribution in [2.45, 2.75) is 25.8 Å². The Morgan fingerprint density at radius 2 is 2.04 bits per heavy atom. The number of rotatable bonds is 7. The Labute approximate surface area is 152 Å². The zero-order chi connectivity index (χ0) is 14.9. The first-order valence-corrected chi connectivity index (χ1v) is 7.96. The SMILES string of the molecule is CN(CCCNC(=O)C1CCCNC1)Cc1ccccc1.Cl.Cl. The van der Waals surface area contributed by atoms with E-state index in [4.69, 9.17) is 0 Å². The molecular formula is C17H29Cl2N3O. The van der Waals surface area contributed by atoms with Gasteiger partial charge in [0.05, 0.1) is 5.92 Å². The van der Waals surface area contributed by atoms with E-state index in [2.05, 4.69) is 46.8 Å². The molecule has 0 aliphatic carbocycles. The van der Waals surface area contributed by atoms with Crippen molar-refractivity contribution in [2.75, 3.05) is 33.2 Å². The van der Waals surface area contributed by atoms with Gasteiger partial charge in [-0.25, -0.2) is 0 Å². The van der Waals surface area contributed by atoms with Crippen LogP contribution in [0.3, 0.4) is 0 Å². The summed E-state index contributed by atoms with van der Waals surface area (Å²) in [6.07, 6.45) is 3.12. The van der Waals surface area contributed by atoms with Gasteiger partial charge in [-0.3, -0.25) is 4.79 Å². The van der Waals surface area contributed by atoms with Crippen LogP contribution in [0.2, 0.25) is 0 Å². The van der Waals surface area contributed by atoms with Gasteiger partial charge in [-0.2, -0.15) is 0 Å². The molecule has 0 bridgehead atoms. The molecule has 1 atom stereocenters. The van der Waals surface area contributed by atoms with Gasteiger partial charge in [0.15, 0.2) is 0 Å². The first-order chi connectivity index (χ1) is 10.3. The number of nitrogens with one attached hydrogen (secondary N) is 2. The lowest BCUT2D eigenvalue weighted by atomic mass is 9.99. The Kier molecular flexibility index (Phi) is 12.1. The molecule has 0 saturated carbocycles. The predicted molar refractivity (Wildman–Crippen MR) is 100 cm³/mol. The maximum Gasteiger partial charge on any atom is 0.224 e. The highest BCUT2D eigenvalue weighted by atomic mass is 35.5. The molecule has 0 spiro atoms. The fourth-order valence-electron chi connectivity index (χ4n) is 2.75. The topological polar surface area (TPSA) is 44.4 Å². The number of piperidine rings is 1. The summed E-state index contributed by atoms with van der Waals surface area (Å²) in [6, 6.07) is 10.5. The Hall–Kier alpha value is -0.810. The van der Waals surface area contributed by atoms with Gasteiger partial charge >= 0.3 is 0 Å². The lowest BCUT2D eigenvalue weighted by Crippen LogP contribution is -2.41. The molecule has 2 rings (SSSR count). The van der Waals surface area contributed by atoms with Crippen molar-refractivity contribution in [3.63, 3.8) is 0 Å². The van der Waals surface area contributed by atoms with Crippen LogP contribution in [-0.4, -0.2) is 44.0 Å². The second-order valence-corrected chi connectivity index (χ2v) is 5.91. The normalized spacial score (nSPS) is 17.0. The average Bonchev–Trinajstić information content (AvgIpc) is 2.53. The fraction of sp³-hybridized carbons (Fsp3) is 0.588. The number of hydrogen-bond donors (Lipinski definition) is 2. The molecule has 23 heavy (non-hydrogen) atoms. The molecular weight excluding hydrogens is 333 g/mol. The highest BCUT2D eigenvalue weighted by molar-refractivity contribution is 5.85.